The van der Waals surface area contributed by atoms with E-state index in [4.69, 9.17) is 34.8 Å². The van der Waals surface area contributed by atoms with Gasteiger partial charge in [-0.3, -0.25) is 0 Å². The van der Waals surface area contributed by atoms with Crippen molar-refractivity contribution in [3.05, 3.63) is 12.2 Å². The van der Waals surface area contributed by atoms with Crippen LogP contribution in [0.25, 0.3) is 0 Å². The molecular weight excluding hydrogens is 270 g/mol. The van der Waals surface area contributed by atoms with Gasteiger partial charge in [-0.25, -0.2) is 0 Å². The van der Waals surface area contributed by atoms with Crippen LogP contribution in [0.2, 0.25) is 0 Å². The fraction of sp³-hybridized carbons (Fsp3) is 0.714. The maximum atomic E-state index is 6.03. The molecule has 0 aliphatic carbocycles. The number of allylic oxidation sites excluding steroid dienone is 2. The van der Waals surface area contributed by atoms with Crippen LogP contribution in [0, 0.1) is 0 Å². The summed E-state index contributed by atoms with van der Waals surface area (Å²) in [7, 11) is 0. The third-order valence-electron chi connectivity index (χ3n) is 1.10. The van der Waals surface area contributed by atoms with Crippen molar-refractivity contribution in [2.75, 3.05) is 11.2 Å². The van der Waals surface area contributed by atoms with Crippen molar-refractivity contribution in [3.8, 4) is 0 Å². The van der Waals surface area contributed by atoms with Gasteiger partial charge in [-0.15, -0.1) is 34.8 Å². The highest BCUT2D eigenvalue weighted by atomic mass is 79.9. The zero-order valence-corrected chi connectivity index (χ0v) is 10.0. The lowest BCUT2D eigenvalue weighted by Gasteiger charge is -2.16. The second kappa shape index (κ2) is 5.69. The Morgan fingerprint density at radius 1 is 1.64 bits per heavy atom. The van der Waals surface area contributed by atoms with Gasteiger partial charge in [0.1, 0.15) is 0 Å². The van der Waals surface area contributed by atoms with E-state index in [1.165, 1.54) is 0 Å². The normalized spacial score (nSPS) is 20.1. The minimum absolute atomic E-state index is 0.00427. The first-order valence-corrected chi connectivity index (χ1v) is 5.65. The van der Waals surface area contributed by atoms with Crippen molar-refractivity contribution >= 4 is 50.7 Å². The zero-order chi connectivity index (χ0) is 8.91. The van der Waals surface area contributed by atoms with Crippen LogP contribution in [0.5, 0.6) is 0 Å². The molecule has 66 valence electrons. The highest BCUT2D eigenvalue weighted by molar-refractivity contribution is 9.09. The van der Waals surface area contributed by atoms with Crippen molar-refractivity contribution in [1.29, 1.82) is 0 Å². The van der Waals surface area contributed by atoms with E-state index in [2.05, 4.69) is 15.9 Å². The van der Waals surface area contributed by atoms with Gasteiger partial charge >= 0.3 is 0 Å². The summed E-state index contributed by atoms with van der Waals surface area (Å²) in [6.07, 6.45) is 3.66. The molecule has 0 aromatic heterocycles. The van der Waals surface area contributed by atoms with Crippen molar-refractivity contribution in [1.82, 2.24) is 0 Å². The van der Waals surface area contributed by atoms with E-state index >= 15 is 0 Å². The molecule has 0 rings (SSSR count). The van der Waals surface area contributed by atoms with Crippen molar-refractivity contribution < 1.29 is 0 Å². The molecule has 0 fully saturated rings. The Kier molecular flexibility index (Phi) is 6.25. The summed E-state index contributed by atoms with van der Waals surface area (Å²) in [5.41, 5.74) is 0. The summed E-state index contributed by atoms with van der Waals surface area (Å²) in [5.74, 6) is 0.375. The molecule has 0 amide bonds. The SMILES string of the molecule is CC(Cl)/C=C/C(Cl)(CCl)CBr. The van der Waals surface area contributed by atoms with Crippen molar-refractivity contribution in [3.63, 3.8) is 0 Å². The molecule has 0 heterocycles. The lowest BCUT2D eigenvalue weighted by atomic mass is 10.2. The summed E-state index contributed by atoms with van der Waals surface area (Å²) in [4.78, 5) is -0.495. The molecule has 0 nitrogen and oxygen atoms in total. The van der Waals surface area contributed by atoms with E-state index in [1.807, 2.05) is 19.1 Å². The molecular formula is C7H10BrCl3. The number of hydrogen-bond acceptors (Lipinski definition) is 0. The largest absolute Gasteiger partial charge is 0.124 e. The Hall–Kier alpha value is 1.09. The third kappa shape index (κ3) is 5.35. The van der Waals surface area contributed by atoms with Gasteiger partial charge in [0.25, 0.3) is 0 Å². The minimum atomic E-state index is -0.495. The Labute approximate surface area is 91.0 Å². The average Bonchev–Trinajstić information content (AvgIpc) is 2.00. The predicted molar refractivity (Wildman–Crippen MR) is 57.6 cm³/mol. The molecule has 0 saturated heterocycles. The van der Waals surface area contributed by atoms with E-state index in [9.17, 15) is 0 Å². The molecule has 0 aromatic carbocycles. The summed E-state index contributed by atoms with van der Waals surface area (Å²) in [6, 6.07) is 0. The first-order chi connectivity index (χ1) is 5.04. The lowest BCUT2D eigenvalue weighted by Crippen LogP contribution is -2.22. The predicted octanol–water partition coefficient (Wildman–Crippen LogP) is 3.78. The van der Waals surface area contributed by atoms with Gasteiger partial charge in [-0.2, -0.15) is 0 Å². The number of halogens is 4. The summed E-state index contributed by atoms with van der Waals surface area (Å²) >= 11 is 20.6. The van der Waals surface area contributed by atoms with Gasteiger partial charge in [0, 0.05) is 16.6 Å². The molecule has 2 unspecified atom stereocenters. The van der Waals surface area contributed by atoms with E-state index in [-0.39, 0.29) is 5.38 Å². The molecule has 0 N–H and O–H groups in total. The summed E-state index contributed by atoms with van der Waals surface area (Å²) in [5, 5.41) is 0.626. The van der Waals surface area contributed by atoms with Gasteiger partial charge in [-0.05, 0) is 6.92 Å². The first-order valence-electron chi connectivity index (χ1n) is 3.18. The number of hydrogen-bond donors (Lipinski definition) is 0. The van der Waals surface area contributed by atoms with Crippen LogP contribution >= 0.6 is 50.7 Å². The Morgan fingerprint density at radius 3 is 2.45 bits per heavy atom. The monoisotopic (exact) mass is 278 g/mol. The summed E-state index contributed by atoms with van der Waals surface area (Å²) < 4.78 is 0. The van der Waals surface area contributed by atoms with Crippen LogP contribution in [-0.4, -0.2) is 21.5 Å². The van der Waals surface area contributed by atoms with Crippen LogP contribution in [0.3, 0.4) is 0 Å². The van der Waals surface area contributed by atoms with Crippen molar-refractivity contribution in [2.24, 2.45) is 0 Å². The van der Waals surface area contributed by atoms with Gasteiger partial charge < -0.3 is 0 Å². The second-order valence-corrected chi connectivity index (χ2v) is 4.61. The van der Waals surface area contributed by atoms with E-state index in [0.717, 1.165) is 0 Å². The molecule has 0 saturated carbocycles. The molecule has 0 aliphatic heterocycles. The van der Waals surface area contributed by atoms with Gasteiger partial charge in [-0.1, -0.05) is 28.1 Å². The quantitative estimate of drug-likeness (QED) is 0.543. The van der Waals surface area contributed by atoms with Crippen molar-refractivity contribution in [2.45, 2.75) is 17.2 Å². The fourth-order valence-electron chi connectivity index (χ4n) is 0.430. The molecule has 4 heteroatoms. The van der Waals surface area contributed by atoms with Crippen LogP contribution in [-0.2, 0) is 0 Å². The molecule has 0 aliphatic rings. The molecule has 0 bridgehead atoms. The fourth-order valence-corrected chi connectivity index (χ4v) is 1.37. The smallest absolute Gasteiger partial charge is 0.0857 e. The number of rotatable bonds is 4. The Bertz CT molecular complexity index is 130. The van der Waals surface area contributed by atoms with Crippen LogP contribution in [0.15, 0.2) is 12.2 Å². The standard InChI is InChI=1S/C7H10BrCl3/c1-6(10)2-3-7(11,4-8)5-9/h2-3,6H,4-5H2,1H3/b3-2+. The molecule has 0 aromatic rings. The summed E-state index contributed by atoms with van der Waals surface area (Å²) in [6.45, 7) is 1.87. The molecule has 0 spiro atoms. The van der Waals surface area contributed by atoms with E-state index in [0.29, 0.717) is 11.2 Å². The van der Waals surface area contributed by atoms with Crippen LogP contribution in [0.1, 0.15) is 6.92 Å². The Balaban J connectivity index is 4.06. The highest BCUT2D eigenvalue weighted by Gasteiger charge is 2.20. The van der Waals surface area contributed by atoms with Gasteiger partial charge in [0.15, 0.2) is 0 Å². The van der Waals surface area contributed by atoms with E-state index in [1.54, 1.807) is 0 Å². The third-order valence-corrected chi connectivity index (χ3v) is 3.58. The lowest BCUT2D eigenvalue weighted by molar-refractivity contribution is 0.906. The first kappa shape index (κ1) is 12.1. The van der Waals surface area contributed by atoms with Gasteiger partial charge in [0.2, 0.25) is 0 Å². The topological polar surface area (TPSA) is 0 Å². The molecule has 11 heavy (non-hydrogen) atoms. The maximum Gasteiger partial charge on any atom is 0.0857 e. The van der Waals surface area contributed by atoms with E-state index < -0.39 is 4.87 Å². The van der Waals surface area contributed by atoms with Gasteiger partial charge in [0.05, 0.1) is 4.87 Å². The molecule has 2 atom stereocenters. The minimum Gasteiger partial charge on any atom is -0.124 e. The zero-order valence-electron chi connectivity index (χ0n) is 6.16. The van der Waals surface area contributed by atoms with Crippen LogP contribution < -0.4 is 0 Å². The average molecular weight is 280 g/mol. The maximum absolute atomic E-state index is 6.03. The van der Waals surface area contributed by atoms with Crippen LogP contribution in [0.4, 0.5) is 0 Å². The Morgan fingerprint density at radius 2 is 2.18 bits per heavy atom. The second-order valence-electron chi connectivity index (χ2n) is 2.34. The molecule has 0 radical (unpaired) electrons. The highest BCUT2D eigenvalue weighted by Crippen LogP contribution is 2.22. The number of alkyl halides is 4.